The van der Waals surface area contributed by atoms with E-state index in [1.54, 1.807) is 48.7 Å². The van der Waals surface area contributed by atoms with Crippen LogP contribution in [0.25, 0.3) is 22.1 Å². The highest BCUT2D eigenvalue weighted by Crippen LogP contribution is 2.22. The molecule has 148 valence electrons. The monoisotopic (exact) mass is 479 g/mol. The molecular formula is C22H14BrN3O3S. The zero-order valence-electron chi connectivity index (χ0n) is 15.4. The summed E-state index contributed by atoms with van der Waals surface area (Å²) >= 11 is 8.48. The molecule has 4 aromatic rings. The molecule has 0 saturated carbocycles. The van der Waals surface area contributed by atoms with E-state index in [-0.39, 0.29) is 11.0 Å². The number of hydrogen-bond donors (Lipinski definition) is 2. The summed E-state index contributed by atoms with van der Waals surface area (Å²) in [4.78, 5) is 28.5. The third kappa shape index (κ3) is 4.45. The molecule has 2 aromatic carbocycles. The smallest absolute Gasteiger partial charge is 0.344 e. The number of anilines is 1. The molecule has 8 heteroatoms. The van der Waals surface area contributed by atoms with Gasteiger partial charge < -0.3 is 9.73 Å². The highest BCUT2D eigenvalue weighted by atomic mass is 79.9. The second kappa shape index (κ2) is 8.56. The molecule has 2 aromatic heterocycles. The van der Waals surface area contributed by atoms with Crippen LogP contribution < -0.4 is 16.3 Å². The van der Waals surface area contributed by atoms with E-state index in [2.05, 4.69) is 31.5 Å². The van der Waals surface area contributed by atoms with Crippen LogP contribution in [0.1, 0.15) is 10.4 Å². The van der Waals surface area contributed by atoms with Crippen molar-refractivity contribution < 1.29 is 9.21 Å². The average Bonchev–Trinajstić information content (AvgIpc) is 2.74. The lowest BCUT2D eigenvalue weighted by molar-refractivity contribution is 0.0977. The van der Waals surface area contributed by atoms with Gasteiger partial charge in [0.05, 0.1) is 11.1 Å². The minimum atomic E-state index is -0.403. The summed E-state index contributed by atoms with van der Waals surface area (Å²) in [6, 6.07) is 17.9. The largest absolute Gasteiger partial charge is 0.422 e. The van der Waals surface area contributed by atoms with E-state index in [9.17, 15) is 9.59 Å². The summed E-state index contributed by atoms with van der Waals surface area (Å²) in [5.41, 5.74) is 2.38. The number of carbonyl (C=O) groups excluding carboxylic acids is 1. The Labute approximate surface area is 185 Å². The van der Waals surface area contributed by atoms with E-state index in [0.29, 0.717) is 26.9 Å². The SMILES string of the molecule is O=C(NC(=S)Nc1ccc(-c2cc3ccccc3oc2=O)cc1)c1cncc(Br)c1. The van der Waals surface area contributed by atoms with E-state index in [0.717, 1.165) is 10.9 Å². The fourth-order valence-electron chi connectivity index (χ4n) is 2.87. The Bertz CT molecular complexity index is 1320. The maximum absolute atomic E-state index is 12.3. The van der Waals surface area contributed by atoms with Gasteiger partial charge >= 0.3 is 5.63 Å². The van der Waals surface area contributed by atoms with Gasteiger partial charge in [0.2, 0.25) is 0 Å². The molecule has 4 rings (SSSR count). The normalized spacial score (nSPS) is 10.6. The lowest BCUT2D eigenvalue weighted by atomic mass is 10.1. The highest BCUT2D eigenvalue weighted by Gasteiger charge is 2.10. The molecule has 0 saturated heterocycles. The summed E-state index contributed by atoms with van der Waals surface area (Å²) in [5.74, 6) is -0.369. The topological polar surface area (TPSA) is 84.2 Å². The number of carbonyl (C=O) groups is 1. The third-order valence-corrected chi connectivity index (χ3v) is 4.93. The molecule has 30 heavy (non-hydrogen) atoms. The highest BCUT2D eigenvalue weighted by molar-refractivity contribution is 9.10. The van der Waals surface area contributed by atoms with Crippen molar-refractivity contribution in [3.63, 3.8) is 0 Å². The van der Waals surface area contributed by atoms with Crippen LogP contribution >= 0.6 is 28.1 Å². The third-order valence-electron chi connectivity index (χ3n) is 4.29. The van der Waals surface area contributed by atoms with E-state index < -0.39 is 5.63 Å². The average molecular weight is 480 g/mol. The first kappa shape index (κ1) is 19.9. The van der Waals surface area contributed by atoms with Crippen LogP contribution in [0.3, 0.4) is 0 Å². The number of fused-ring (bicyclic) bond motifs is 1. The zero-order valence-corrected chi connectivity index (χ0v) is 17.8. The van der Waals surface area contributed by atoms with Crippen LogP contribution in [0.5, 0.6) is 0 Å². The number of nitrogens with zero attached hydrogens (tertiary/aromatic N) is 1. The van der Waals surface area contributed by atoms with E-state index >= 15 is 0 Å². The quantitative estimate of drug-likeness (QED) is 0.326. The molecular weight excluding hydrogens is 466 g/mol. The fraction of sp³-hybridized carbons (Fsp3) is 0. The molecule has 6 nitrogen and oxygen atoms in total. The Hall–Kier alpha value is -3.36. The number of thiocarbonyl (C=S) groups is 1. The van der Waals surface area contributed by atoms with Crippen LogP contribution in [0.2, 0.25) is 0 Å². The molecule has 0 aliphatic heterocycles. The minimum Gasteiger partial charge on any atom is -0.422 e. The maximum Gasteiger partial charge on any atom is 0.344 e. The summed E-state index contributed by atoms with van der Waals surface area (Å²) in [7, 11) is 0. The predicted molar refractivity (Wildman–Crippen MR) is 124 cm³/mol. The number of hydrogen-bond acceptors (Lipinski definition) is 5. The number of aromatic nitrogens is 1. The first-order valence-corrected chi connectivity index (χ1v) is 10.1. The number of rotatable bonds is 3. The van der Waals surface area contributed by atoms with Crippen molar-refractivity contribution in [3.05, 3.63) is 93.5 Å². The van der Waals surface area contributed by atoms with Crippen LogP contribution in [0, 0.1) is 0 Å². The molecule has 2 N–H and O–H groups in total. The number of benzene rings is 2. The van der Waals surface area contributed by atoms with Gasteiger partial charge in [0.15, 0.2) is 5.11 Å². The van der Waals surface area contributed by atoms with Crippen molar-refractivity contribution >= 4 is 55.8 Å². The summed E-state index contributed by atoms with van der Waals surface area (Å²) in [6.07, 6.45) is 3.04. The number of para-hydroxylation sites is 1. The number of amides is 1. The Balaban J connectivity index is 1.47. The van der Waals surface area contributed by atoms with Gasteiger partial charge in [0.25, 0.3) is 5.91 Å². The van der Waals surface area contributed by atoms with Gasteiger partial charge in [-0.2, -0.15) is 0 Å². The molecule has 0 aliphatic rings. The second-order valence-corrected chi connectivity index (χ2v) is 7.69. The van der Waals surface area contributed by atoms with Crippen molar-refractivity contribution in [1.29, 1.82) is 0 Å². The number of pyridine rings is 1. The van der Waals surface area contributed by atoms with Gasteiger partial charge in [-0.15, -0.1) is 0 Å². The Morgan fingerprint density at radius 1 is 1.03 bits per heavy atom. The van der Waals surface area contributed by atoms with Crippen molar-refractivity contribution in [2.45, 2.75) is 0 Å². The standard InChI is InChI=1S/C22H14BrN3O3S/c23-16-9-15(11-24-12-16)20(27)26-22(30)25-17-7-5-13(6-8-17)18-10-14-3-1-2-4-19(14)29-21(18)28/h1-12H,(H2,25,26,27,30). The minimum absolute atomic E-state index is 0.151. The predicted octanol–water partition coefficient (Wildman–Crippen LogP) is 4.74. The molecule has 0 fully saturated rings. The first-order chi connectivity index (χ1) is 14.5. The van der Waals surface area contributed by atoms with Crippen LogP contribution in [-0.2, 0) is 0 Å². The molecule has 0 unspecified atom stereocenters. The van der Waals surface area contributed by atoms with Crippen molar-refractivity contribution in [2.75, 3.05) is 5.32 Å². The fourth-order valence-corrected chi connectivity index (χ4v) is 3.45. The Kier molecular flexibility index (Phi) is 5.69. The van der Waals surface area contributed by atoms with Crippen molar-refractivity contribution in [3.8, 4) is 11.1 Å². The summed E-state index contributed by atoms with van der Waals surface area (Å²) in [5, 5.41) is 6.55. The van der Waals surface area contributed by atoms with Crippen molar-refractivity contribution in [2.24, 2.45) is 0 Å². The van der Waals surface area contributed by atoms with Gasteiger partial charge in [-0.05, 0) is 64.0 Å². The van der Waals surface area contributed by atoms with E-state index in [1.165, 1.54) is 6.20 Å². The molecule has 0 spiro atoms. The second-order valence-electron chi connectivity index (χ2n) is 6.36. The van der Waals surface area contributed by atoms with Gasteiger partial charge in [0, 0.05) is 27.9 Å². The lowest BCUT2D eigenvalue weighted by Crippen LogP contribution is -2.34. The Morgan fingerprint density at radius 2 is 1.80 bits per heavy atom. The van der Waals surface area contributed by atoms with E-state index in [4.69, 9.17) is 16.6 Å². The van der Waals surface area contributed by atoms with Crippen molar-refractivity contribution in [1.82, 2.24) is 10.3 Å². The van der Waals surface area contributed by atoms with Gasteiger partial charge in [0.1, 0.15) is 5.58 Å². The first-order valence-electron chi connectivity index (χ1n) is 8.86. The van der Waals surface area contributed by atoms with E-state index in [1.807, 2.05) is 18.2 Å². The molecule has 0 aliphatic carbocycles. The van der Waals surface area contributed by atoms with Crippen LogP contribution in [-0.4, -0.2) is 16.0 Å². The maximum atomic E-state index is 12.3. The summed E-state index contributed by atoms with van der Waals surface area (Å²) < 4.78 is 6.09. The van der Waals surface area contributed by atoms with Gasteiger partial charge in [-0.25, -0.2) is 4.79 Å². The molecule has 0 atom stereocenters. The van der Waals surface area contributed by atoms with Crippen LogP contribution in [0.15, 0.2) is 86.7 Å². The zero-order chi connectivity index (χ0) is 21.1. The Morgan fingerprint density at radius 3 is 2.57 bits per heavy atom. The molecule has 0 radical (unpaired) electrons. The summed E-state index contributed by atoms with van der Waals surface area (Å²) in [6.45, 7) is 0. The lowest BCUT2D eigenvalue weighted by Gasteiger charge is -2.10. The van der Waals surface area contributed by atoms with Gasteiger partial charge in [-0.1, -0.05) is 30.3 Å². The number of nitrogens with one attached hydrogen (secondary N) is 2. The molecule has 2 heterocycles. The molecule has 0 bridgehead atoms. The van der Waals surface area contributed by atoms with Crippen LogP contribution in [0.4, 0.5) is 5.69 Å². The molecule has 1 amide bonds. The van der Waals surface area contributed by atoms with Gasteiger partial charge in [-0.3, -0.25) is 15.1 Å². The number of halogens is 1.